The van der Waals surface area contributed by atoms with Crippen LogP contribution in [0.15, 0.2) is 23.1 Å². The van der Waals surface area contributed by atoms with Gasteiger partial charge in [0.2, 0.25) is 10.0 Å². The van der Waals surface area contributed by atoms with Gasteiger partial charge in [0.15, 0.2) is 0 Å². The van der Waals surface area contributed by atoms with E-state index < -0.39 is 27.4 Å². The smallest absolute Gasteiger partial charge is 0.338 e. The van der Waals surface area contributed by atoms with Gasteiger partial charge in [-0.2, -0.15) is 0 Å². The van der Waals surface area contributed by atoms with E-state index in [9.17, 15) is 17.6 Å². The highest BCUT2D eigenvalue weighted by atomic mass is 32.2. The van der Waals surface area contributed by atoms with Crippen LogP contribution in [0.25, 0.3) is 0 Å². The average Bonchev–Trinajstić information content (AvgIpc) is 2.35. The number of carboxylic acids is 1. The standard InChI is InChI=1S/C12H17FN2O4S/c1-8(15(2)3)7-14-20(18,19)9-4-5-11(13)10(6-9)12(16)17/h4-6,8,14H,7H2,1-3H3,(H,16,17). The summed E-state index contributed by atoms with van der Waals surface area (Å²) in [6.07, 6.45) is 0. The normalized spacial score (nSPS) is 13.4. The lowest BCUT2D eigenvalue weighted by Crippen LogP contribution is -2.38. The van der Waals surface area contributed by atoms with Gasteiger partial charge in [0.25, 0.3) is 0 Å². The number of halogens is 1. The molecule has 2 N–H and O–H groups in total. The molecular weight excluding hydrogens is 287 g/mol. The quantitative estimate of drug-likeness (QED) is 0.810. The predicted octanol–water partition coefficient (Wildman–Crippen LogP) is 0.752. The Labute approximate surface area is 117 Å². The van der Waals surface area contributed by atoms with E-state index in [1.54, 1.807) is 14.1 Å². The Balaban J connectivity index is 2.99. The highest BCUT2D eigenvalue weighted by molar-refractivity contribution is 7.89. The summed E-state index contributed by atoms with van der Waals surface area (Å²) in [5.74, 6) is -2.49. The zero-order chi connectivity index (χ0) is 15.5. The first-order chi connectivity index (χ1) is 9.15. The Morgan fingerprint density at radius 2 is 2.05 bits per heavy atom. The van der Waals surface area contributed by atoms with Gasteiger partial charge in [-0.1, -0.05) is 0 Å². The summed E-state index contributed by atoms with van der Waals surface area (Å²) in [6.45, 7) is 1.99. The summed E-state index contributed by atoms with van der Waals surface area (Å²) in [6, 6.07) is 2.63. The molecule has 1 atom stereocenters. The summed E-state index contributed by atoms with van der Waals surface area (Å²) in [5, 5.41) is 8.78. The highest BCUT2D eigenvalue weighted by Crippen LogP contribution is 2.15. The van der Waals surface area contributed by atoms with Crippen LogP contribution in [0.5, 0.6) is 0 Å². The maximum atomic E-state index is 13.2. The lowest BCUT2D eigenvalue weighted by Gasteiger charge is -2.20. The van der Waals surface area contributed by atoms with Crippen LogP contribution in [0.3, 0.4) is 0 Å². The number of hydrogen-bond donors (Lipinski definition) is 2. The molecule has 8 heteroatoms. The Hall–Kier alpha value is -1.51. The molecule has 1 aromatic rings. The summed E-state index contributed by atoms with van der Waals surface area (Å²) in [7, 11) is -0.258. The van der Waals surface area contributed by atoms with Crippen molar-refractivity contribution in [2.45, 2.75) is 17.9 Å². The van der Waals surface area contributed by atoms with Crippen molar-refractivity contribution >= 4 is 16.0 Å². The van der Waals surface area contributed by atoms with Gasteiger partial charge in [0.05, 0.1) is 10.5 Å². The fourth-order valence-electron chi connectivity index (χ4n) is 1.33. The number of aromatic carboxylic acids is 1. The molecule has 0 heterocycles. The van der Waals surface area contributed by atoms with Crippen molar-refractivity contribution in [3.8, 4) is 0 Å². The van der Waals surface area contributed by atoms with E-state index in [0.717, 1.165) is 18.2 Å². The molecule has 0 saturated heterocycles. The number of hydrogen-bond acceptors (Lipinski definition) is 4. The van der Waals surface area contributed by atoms with Crippen LogP contribution in [0.2, 0.25) is 0 Å². The van der Waals surface area contributed by atoms with Gasteiger partial charge in [0.1, 0.15) is 5.82 Å². The van der Waals surface area contributed by atoms with Crippen LogP contribution in [0, 0.1) is 5.82 Å². The number of benzene rings is 1. The molecular formula is C12H17FN2O4S. The van der Waals surface area contributed by atoms with Gasteiger partial charge in [-0.15, -0.1) is 0 Å². The number of nitrogens with zero attached hydrogens (tertiary/aromatic N) is 1. The summed E-state index contributed by atoms with van der Waals surface area (Å²) in [4.78, 5) is 12.3. The molecule has 20 heavy (non-hydrogen) atoms. The summed E-state index contributed by atoms with van der Waals surface area (Å²) in [5.41, 5.74) is -0.673. The van der Waals surface area contributed by atoms with Gasteiger partial charge in [-0.05, 0) is 39.2 Å². The van der Waals surface area contributed by atoms with Crippen molar-refractivity contribution in [2.24, 2.45) is 0 Å². The first-order valence-electron chi connectivity index (χ1n) is 5.84. The molecule has 0 aromatic heterocycles. The molecule has 0 radical (unpaired) electrons. The first kappa shape index (κ1) is 16.5. The van der Waals surface area contributed by atoms with Crippen LogP contribution in [0.4, 0.5) is 4.39 Å². The predicted molar refractivity (Wildman–Crippen MR) is 71.7 cm³/mol. The Morgan fingerprint density at radius 1 is 1.45 bits per heavy atom. The van der Waals surface area contributed by atoms with Gasteiger partial charge in [-0.3, -0.25) is 0 Å². The second-order valence-electron chi connectivity index (χ2n) is 4.61. The highest BCUT2D eigenvalue weighted by Gasteiger charge is 2.19. The SMILES string of the molecule is CC(CNS(=O)(=O)c1ccc(F)c(C(=O)O)c1)N(C)C. The summed E-state index contributed by atoms with van der Waals surface area (Å²) < 4.78 is 39.6. The monoisotopic (exact) mass is 304 g/mol. The second-order valence-corrected chi connectivity index (χ2v) is 6.38. The molecule has 0 spiro atoms. The Bertz CT molecular complexity index is 601. The van der Waals surface area contributed by atoms with E-state index in [1.807, 2.05) is 11.8 Å². The number of likely N-dealkylation sites (N-methyl/N-ethyl adjacent to an activating group) is 1. The molecule has 0 amide bonds. The maximum Gasteiger partial charge on any atom is 0.338 e. The molecule has 0 aliphatic carbocycles. The van der Waals surface area contributed by atoms with Crippen molar-refractivity contribution < 1.29 is 22.7 Å². The molecule has 1 unspecified atom stereocenters. The van der Waals surface area contributed by atoms with Gasteiger partial charge >= 0.3 is 5.97 Å². The third-order valence-corrected chi connectivity index (χ3v) is 4.35. The van der Waals surface area contributed by atoms with Crippen LogP contribution < -0.4 is 4.72 Å². The minimum atomic E-state index is -3.87. The van der Waals surface area contributed by atoms with E-state index in [-0.39, 0.29) is 17.5 Å². The van der Waals surface area contributed by atoms with E-state index >= 15 is 0 Å². The van der Waals surface area contributed by atoms with Crippen molar-refractivity contribution in [3.05, 3.63) is 29.6 Å². The minimum Gasteiger partial charge on any atom is -0.478 e. The van der Waals surface area contributed by atoms with Crippen LogP contribution in [-0.4, -0.2) is 51.1 Å². The second kappa shape index (κ2) is 6.29. The van der Waals surface area contributed by atoms with Gasteiger partial charge in [0, 0.05) is 12.6 Å². The molecule has 6 nitrogen and oxygen atoms in total. The van der Waals surface area contributed by atoms with Crippen LogP contribution in [-0.2, 0) is 10.0 Å². The molecule has 1 aromatic carbocycles. The average molecular weight is 304 g/mol. The van der Waals surface area contributed by atoms with Crippen molar-refractivity contribution in [2.75, 3.05) is 20.6 Å². The maximum absolute atomic E-state index is 13.2. The van der Waals surface area contributed by atoms with Crippen molar-refractivity contribution in [1.82, 2.24) is 9.62 Å². The number of rotatable bonds is 6. The van der Waals surface area contributed by atoms with E-state index in [1.165, 1.54) is 0 Å². The van der Waals surface area contributed by atoms with E-state index in [4.69, 9.17) is 5.11 Å². The largest absolute Gasteiger partial charge is 0.478 e. The lowest BCUT2D eigenvalue weighted by molar-refractivity contribution is 0.0691. The fraction of sp³-hybridized carbons (Fsp3) is 0.417. The molecule has 0 aliphatic rings. The molecule has 0 saturated carbocycles. The van der Waals surface area contributed by atoms with Gasteiger partial charge < -0.3 is 10.0 Å². The Morgan fingerprint density at radius 3 is 2.55 bits per heavy atom. The molecule has 0 bridgehead atoms. The zero-order valence-electron chi connectivity index (χ0n) is 11.4. The minimum absolute atomic E-state index is 0.0378. The van der Waals surface area contributed by atoms with Crippen molar-refractivity contribution in [1.29, 1.82) is 0 Å². The molecule has 0 fully saturated rings. The number of carboxylic acid groups (broad SMARTS) is 1. The molecule has 112 valence electrons. The topological polar surface area (TPSA) is 86.7 Å². The van der Waals surface area contributed by atoms with Crippen LogP contribution in [0.1, 0.15) is 17.3 Å². The third-order valence-electron chi connectivity index (χ3n) is 2.93. The third kappa shape index (κ3) is 3.99. The fourth-order valence-corrected chi connectivity index (χ4v) is 2.48. The van der Waals surface area contributed by atoms with E-state index in [0.29, 0.717) is 0 Å². The lowest BCUT2D eigenvalue weighted by atomic mass is 10.2. The first-order valence-corrected chi connectivity index (χ1v) is 7.32. The zero-order valence-corrected chi connectivity index (χ0v) is 12.2. The van der Waals surface area contributed by atoms with Crippen molar-refractivity contribution in [3.63, 3.8) is 0 Å². The molecule has 1 rings (SSSR count). The number of carbonyl (C=O) groups is 1. The Kier molecular flexibility index (Phi) is 5.21. The number of nitrogens with one attached hydrogen (secondary N) is 1. The molecule has 0 aliphatic heterocycles. The summed E-state index contributed by atoms with van der Waals surface area (Å²) >= 11 is 0. The number of sulfonamides is 1. The van der Waals surface area contributed by atoms with Gasteiger partial charge in [-0.25, -0.2) is 22.3 Å². The van der Waals surface area contributed by atoms with E-state index in [2.05, 4.69) is 4.72 Å². The van der Waals surface area contributed by atoms with Crippen LogP contribution >= 0.6 is 0 Å².